The monoisotopic (exact) mass is 496 g/mol. The van der Waals surface area contributed by atoms with Crippen molar-refractivity contribution in [3.05, 3.63) is 54.1 Å². The van der Waals surface area contributed by atoms with Crippen molar-refractivity contribution in [2.45, 2.75) is 51.1 Å². The Balaban J connectivity index is 1.35. The van der Waals surface area contributed by atoms with Gasteiger partial charge in [0, 0.05) is 46.6 Å². The minimum atomic E-state index is -3.53. The van der Waals surface area contributed by atoms with Gasteiger partial charge in [0.05, 0.1) is 27.0 Å². The zero-order valence-corrected chi connectivity index (χ0v) is 21.5. The Labute approximate surface area is 205 Å². The molecule has 1 N–H and O–H groups in total. The highest BCUT2D eigenvalue weighted by Crippen LogP contribution is 2.23. The summed E-state index contributed by atoms with van der Waals surface area (Å²) in [7, 11) is -0.520. The predicted octanol–water partition coefficient (Wildman–Crippen LogP) is 3.10. The number of benzene rings is 2. The second-order valence-electron chi connectivity index (χ2n) is 8.71. The van der Waals surface area contributed by atoms with Crippen LogP contribution < -0.4 is 5.32 Å². The number of aryl methyl sites for hydroxylation is 4. The summed E-state index contributed by atoms with van der Waals surface area (Å²) in [6.07, 6.45) is 1.61. The van der Waals surface area contributed by atoms with E-state index in [9.17, 15) is 13.2 Å². The lowest BCUT2D eigenvalue weighted by atomic mass is 10.2. The normalized spacial score (nSPS) is 12.1. The van der Waals surface area contributed by atoms with Crippen molar-refractivity contribution >= 4 is 38.0 Å². The minimum Gasteiger partial charge on any atom is -0.356 e. The van der Waals surface area contributed by atoms with Gasteiger partial charge in [-0.15, -0.1) is 0 Å². The number of rotatable bonds is 10. The Morgan fingerprint density at radius 2 is 1.77 bits per heavy atom. The number of hydrogen-bond donors (Lipinski definition) is 1. The van der Waals surface area contributed by atoms with Gasteiger partial charge in [0.2, 0.25) is 15.9 Å². The fraction of sp³-hybridized carbons (Fsp3) is 0.400. The van der Waals surface area contributed by atoms with E-state index >= 15 is 0 Å². The zero-order chi connectivity index (χ0) is 25.2. The number of para-hydroxylation sites is 2. The van der Waals surface area contributed by atoms with Crippen molar-refractivity contribution in [2.24, 2.45) is 0 Å². The van der Waals surface area contributed by atoms with Crippen LogP contribution in [-0.2, 0) is 34.3 Å². The van der Waals surface area contributed by atoms with Crippen molar-refractivity contribution in [1.29, 1.82) is 0 Å². The predicted molar refractivity (Wildman–Crippen MR) is 137 cm³/mol. The van der Waals surface area contributed by atoms with Crippen LogP contribution in [0.25, 0.3) is 22.1 Å². The van der Waals surface area contributed by atoms with E-state index in [4.69, 9.17) is 0 Å². The second kappa shape index (κ2) is 10.2. The number of carbonyl (C=O) groups is 1. The average molecular weight is 497 g/mol. The van der Waals surface area contributed by atoms with E-state index in [2.05, 4.69) is 25.9 Å². The molecule has 2 aromatic carbocycles. The van der Waals surface area contributed by atoms with Crippen LogP contribution in [0.2, 0.25) is 0 Å². The number of nitrogens with zero attached hydrogens (tertiary/aromatic N) is 5. The van der Waals surface area contributed by atoms with Crippen LogP contribution in [0.3, 0.4) is 0 Å². The molecular weight excluding hydrogens is 464 g/mol. The third-order valence-corrected chi connectivity index (χ3v) is 8.01. The quantitative estimate of drug-likeness (QED) is 0.340. The van der Waals surface area contributed by atoms with Crippen LogP contribution in [0, 0.1) is 6.92 Å². The number of nitrogens with one attached hydrogen (secondary N) is 1. The van der Waals surface area contributed by atoms with Crippen LogP contribution in [0.5, 0.6) is 0 Å². The van der Waals surface area contributed by atoms with E-state index < -0.39 is 10.0 Å². The van der Waals surface area contributed by atoms with Crippen molar-refractivity contribution in [1.82, 2.24) is 28.7 Å². The summed E-state index contributed by atoms with van der Waals surface area (Å²) in [5.74, 6) is 1.72. The van der Waals surface area contributed by atoms with Crippen LogP contribution in [-0.4, -0.2) is 58.4 Å². The summed E-state index contributed by atoms with van der Waals surface area (Å²) >= 11 is 0. The zero-order valence-electron chi connectivity index (χ0n) is 20.7. The lowest BCUT2D eigenvalue weighted by Crippen LogP contribution is -2.26. The van der Waals surface area contributed by atoms with Gasteiger partial charge in [0.25, 0.3) is 0 Å². The molecule has 0 atom stereocenters. The van der Waals surface area contributed by atoms with Crippen molar-refractivity contribution < 1.29 is 13.2 Å². The van der Waals surface area contributed by atoms with Gasteiger partial charge in [0.15, 0.2) is 0 Å². The fourth-order valence-electron chi connectivity index (χ4n) is 4.33. The first-order valence-corrected chi connectivity index (χ1v) is 13.3. The molecule has 0 saturated heterocycles. The molecule has 0 saturated carbocycles. The maximum absolute atomic E-state index is 12.5. The van der Waals surface area contributed by atoms with Gasteiger partial charge in [-0.3, -0.25) is 4.79 Å². The summed E-state index contributed by atoms with van der Waals surface area (Å²) in [5.41, 5.74) is 3.58. The molecule has 10 heteroatoms. The van der Waals surface area contributed by atoms with Gasteiger partial charge < -0.3 is 14.5 Å². The molecule has 4 rings (SSSR count). The first kappa shape index (κ1) is 24.9. The molecule has 1 amide bonds. The van der Waals surface area contributed by atoms with Crippen LogP contribution >= 0.6 is 0 Å². The number of hydrogen-bond acceptors (Lipinski definition) is 5. The van der Waals surface area contributed by atoms with Crippen LogP contribution in [0.15, 0.2) is 47.4 Å². The largest absolute Gasteiger partial charge is 0.356 e. The molecule has 2 heterocycles. The number of sulfonamides is 1. The van der Waals surface area contributed by atoms with Crippen LogP contribution in [0.1, 0.15) is 31.4 Å². The van der Waals surface area contributed by atoms with Crippen molar-refractivity contribution in [3.63, 3.8) is 0 Å². The molecule has 0 aliphatic rings. The molecule has 35 heavy (non-hydrogen) atoms. The minimum absolute atomic E-state index is 0.0252. The number of imidazole rings is 2. The number of aromatic nitrogens is 4. The Bertz CT molecular complexity index is 1470. The van der Waals surface area contributed by atoms with Gasteiger partial charge >= 0.3 is 0 Å². The maximum Gasteiger partial charge on any atom is 0.242 e. The molecule has 0 aliphatic heterocycles. The molecule has 2 aromatic heterocycles. The Hall–Kier alpha value is -3.24. The molecule has 0 aliphatic carbocycles. The van der Waals surface area contributed by atoms with Gasteiger partial charge in [-0.05, 0) is 50.6 Å². The van der Waals surface area contributed by atoms with Crippen molar-refractivity contribution in [3.8, 4) is 0 Å². The van der Waals surface area contributed by atoms with E-state index in [1.807, 2.05) is 36.6 Å². The fourth-order valence-corrected chi connectivity index (χ4v) is 5.25. The van der Waals surface area contributed by atoms with E-state index in [1.54, 1.807) is 18.2 Å². The molecule has 4 aromatic rings. The summed E-state index contributed by atoms with van der Waals surface area (Å²) in [6, 6.07) is 13.0. The van der Waals surface area contributed by atoms with E-state index in [0.29, 0.717) is 31.4 Å². The average Bonchev–Trinajstić information content (AvgIpc) is 3.35. The first-order valence-electron chi connectivity index (χ1n) is 11.8. The highest BCUT2D eigenvalue weighted by atomic mass is 32.2. The summed E-state index contributed by atoms with van der Waals surface area (Å²) in [4.78, 5) is 21.9. The molecule has 0 bridgehead atoms. The van der Waals surface area contributed by atoms with E-state index in [0.717, 1.165) is 41.2 Å². The topological polar surface area (TPSA) is 102 Å². The number of fused-ring (bicyclic) bond motifs is 2. The lowest BCUT2D eigenvalue weighted by Gasteiger charge is -2.11. The highest BCUT2D eigenvalue weighted by Gasteiger charge is 2.19. The molecule has 0 unspecified atom stereocenters. The summed E-state index contributed by atoms with van der Waals surface area (Å²) in [6.45, 7) is 6.07. The standard InChI is InChI=1S/C25H32N6O3S/c1-5-30-23-12-11-19(35(33,34)29(3)4)17-21(23)28-24(30)13-14-25(32)26-15-8-16-31-18(2)27-20-9-6-7-10-22(20)31/h6-7,9-12,17H,5,8,13-16H2,1-4H3,(H,26,32). The number of carbonyl (C=O) groups excluding carboxylic acids is 1. The second-order valence-corrected chi connectivity index (χ2v) is 10.9. The molecular formula is C25H32N6O3S. The third-order valence-electron chi connectivity index (χ3n) is 6.20. The SMILES string of the molecule is CCn1c(CCC(=O)NCCCn2c(C)nc3ccccc32)nc2cc(S(=O)(=O)N(C)C)ccc21. The maximum atomic E-state index is 12.5. The van der Waals surface area contributed by atoms with Gasteiger partial charge in [-0.25, -0.2) is 22.7 Å². The smallest absolute Gasteiger partial charge is 0.242 e. The lowest BCUT2D eigenvalue weighted by molar-refractivity contribution is -0.121. The molecule has 186 valence electrons. The van der Waals surface area contributed by atoms with Gasteiger partial charge in [0.1, 0.15) is 11.6 Å². The highest BCUT2D eigenvalue weighted by molar-refractivity contribution is 7.89. The molecule has 0 spiro atoms. The molecule has 0 radical (unpaired) electrons. The Kier molecular flexibility index (Phi) is 7.23. The van der Waals surface area contributed by atoms with Crippen LogP contribution in [0.4, 0.5) is 0 Å². The van der Waals surface area contributed by atoms with E-state index in [1.165, 1.54) is 18.4 Å². The summed E-state index contributed by atoms with van der Waals surface area (Å²) < 4.78 is 30.3. The van der Waals surface area contributed by atoms with Gasteiger partial charge in [-0.2, -0.15) is 0 Å². The molecule has 9 nitrogen and oxygen atoms in total. The van der Waals surface area contributed by atoms with Crippen molar-refractivity contribution in [2.75, 3.05) is 20.6 Å². The Morgan fingerprint density at radius 3 is 2.51 bits per heavy atom. The first-order chi connectivity index (χ1) is 16.7. The summed E-state index contributed by atoms with van der Waals surface area (Å²) in [5, 5.41) is 3.00. The number of amides is 1. The third kappa shape index (κ3) is 5.08. The molecule has 0 fully saturated rings. The van der Waals surface area contributed by atoms with Gasteiger partial charge in [-0.1, -0.05) is 12.1 Å². The van der Waals surface area contributed by atoms with E-state index in [-0.39, 0.29) is 10.8 Å². The Morgan fingerprint density at radius 1 is 1.03 bits per heavy atom.